The van der Waals surface area contributed by atoms with Crippen molar-refractivity contribution in [3.8, 4) is 5.82 Å². The number of hydrogen-bond donors (Lipinski definition) is 1. The number of anilines is 1. The molecule has 0 bridgehead atoms. The van der Waals surface area contributed by atoms with Gasteiger partial charge in [0.25, 0.3) is 5.91 Å². The Labute approximate surface area is 177 Å². The normalized spacial score (nSPS) is 15.6. The second-order valence-corrected chi connectivity index (χ2v) is 8.95. The van der Waals surface area contributed by atoms with Crippen LogP contribution in [0.4, 0.5) is 5.69 Å². The number of nitrogens with zero attached hydrogens (tertiary/aromatic N) is 3. The van der Waals surface area contributed by atoms with Crippen LogP contribution in [0.5, 0.6) is 0 Å². The number of benzene rings is 1. The van der Waals surface area contributed by atoms with E-state index in [1.54, 1.807) is 17.1 Å². The van der Waals surface area contributed by atoms with E-state index < -0.39 is 10.8 Å². The number of amides is 1. The summed E-state index contributed by atoms with van der Waals surface area (Å²) < 4.78 is 19.6. The van der Waals surface area contributed by atoms with E-state index in [-0.39, 0.29) is 11.2 Å². The highest BCUT2D eigenvalue weighted by atomic mass is 32.2. The molecule has 7 nitrogen and oxygen atoms in total. The van der Waals surface area contributed by atoms with Gasteiger partial charge >= 0.3 is 0 Å². The third kappa shape index (κ3) is 4.66. The van der Waals surface area contributed by atoms with E-state index in [9.17, 15) is 9.00 Å². The maximum atomic E-state index is 12.8. The maximum absolute atomic E-state index is 12.8. The molecule has 0 saturated carbocycles. The van der Waals surface area contributed by atoms with E-state index in [0.717, 1.165) is 18.4 Å². The first-order valence-electron chi connectivity index (χ1n) is 9.93. The van der Waals surface area contributed by atoms with Crippen LogP contribution in [0, 0.1) is 6.92 Å². The molecule has 1 aliphatic heterocycles. The average molecular weight is 425 g/mol. The molecule has 1 aliphatic rings. The summed E-state index contributed by atoms with van der Waals surface area (Å²) in [6, 6.07) is 13.1. The van der Waals surface area contributed by atoms with Gasteiger partial charge in [-0.05, 0) is 49.6 Å². The van der Waals surface area contributed by atoms with Crippen molar-refractivity contribution in [1.82, 2.24) is 14.8 Å². The Bertz CT molecular complexity index is 1050. The molecule has 0 radical (unpaired) electrons. The summed E-state index contributed by atoms with van der Waals surface area (Å²) in [6.45, 7) is 3.19. The fourth-order valence-electron chi connectivity index (χ4n) is 3.50. The Morgan fingerprint density at radius 2 is 2.07 bits per heavy atom. The molecule has 156 valence electrons. The van der Waals surface area contributed by atoms with Gasteiger partial charge < -0.3 is 10.1 Å². The van der Waals surface area contributed by atoms with Crippen molar-refractivity contribution in [2.24, 2.45) is 0 Å². The van der Waals surface area contributed by atoms with Crippen molar-refractivity contribution >= 4 is 22.4 Å². The lowest BCUT2D eigenvalue weighted by Gasteiger charge is -2.21. The third-order valence-electron chi connectivity index (χ3n) is 5.15. The van der Waals surface area contributed by atoms with Crippen LogP contribution in [-0.2, 0) is 21.3 Å². The van der Waals surface area contributed by atoms with Gasteiger partial charge in [-0.1, -0.05) is 18.2 Å². The fraction of sp³-hybridized carbons (Fsp3) is 0.318. The lowest BCUT2D eigenvalue weighted by Crippen LogP contribution is -2.25. The maximum Gasteiger partial charge on any atom is 0.259 e. The molecular formula is C22H24N4O3S. The van der Waals surface area contributed by atoms with E-state index in [1.807, 2.05) is 49.4 Å². The highest BCUT2D eigenvalue weighted by Gasteiger charge is 2.21. The summed E-state index contributed by atoms with van der Waals surface area (Å²) in [5, 5.41) is 7.40. The molecule has 2 aromatic heterocycles. The molecule has 0 aliphatic carbocycles. The van der Waals surface area contributed by atoms with Crippen molar-refractivity contribution in [2.75, 3.05) is 18.5 Å². The molecule has 0 spiro atoms. The van der Waals surface area contributed by atoms with Gasteiger partial charge in [-0.2, -0.15) is 5.10 Å². The zero-order chi connectivity index (χ0) is 20.9. The number of aromatic nitrogens is 3. The Morgan fingerprint density at radius 1 is 1.23 bits per heavy atom. The van der Waals surface area contributed by atoms with Gasteiger partial charge in [-0.15, -0.1) is 0 Å². The number of rotatable bonds is 6. The minimum Gasteiger partial charge on any atom is -0.381 e. The molecule has 30 heavy (non-hydrogen) atoms. The summed E-state index contributed by atoms with van der Waals surface area (Å²) in [6.07, 6.45) is 4.90. The molecule has 1 atom stereocenters. The van der Waals surface area contributed by atoms with E-state index in [1.165, 1.54) is 0 Å². The van der Waals surface area contributed by atoms with E-state index >= 15 is 0 Å². The van der Waals surface area contributed by atoms with Crippen LogP contribution in [0.15, 0.2) is 54.9 Å². The first kappa shape index (κ1) is 20.4. The molecule has 1 saturated heterocycles. The molecule has 1 amide bonds. The van der Waals surface area contributed by atoms with Crippen LogP contribution in [-0.4, -0.2) is 43.3 Å². The first-order valence-corrected chi connectivity index (χ1v) is 11.3. The Balaban J connectivity index is 1.44. The van der Waals surface area contributed by atoms with Gasteiger partial charge in [-0.3, -0.25) is 9.00 Å². The van der Waals surface area contributed by atoms with Crippen LogP contribution in [0.1, 0.15) is 34.5 Å². The summed E-state index contributed by atoms with van der Waals surface area (Å²) in [5.41, 5.74) is 2.81. The van der Waals surface area contributed by atoms with Crippen LogP contribution in [0.2, 0.25) is 0 Å². The van der Waals surface area contributed by atoms with Crippen molar-refractivity contribution in [3.05, 3.63) is 71.7 Å². The lowest BCUT2D eigenvalue weighted by atomic mass is 10.2. The Kier molecular flexibility index (Phi) is 6.35. The topological polar surface area (TPSA) is 86.1 Å². The van der Waals surface area contributed by atoms with Crippen LogP contribution in [0.25, 0.3) is 5.82 Å². The minimum absolute atomic E-state index is 0.178. The molecule has 3 aromatic rings. The molecule has 3 heterocycles. The molecule has 1 unspecified atom stereocenters. The van der Waals surface area contributed by atoms with Gasteiger partial charge in [-0.25, -0.2) is 9.67 Å². The number of carbonyl (C=O) groups excluding carboxylic acids is 1. The predicted molar refractivity (Wildman–Crippen MR) is 116 cm³/mol. The molecule has 1 N–H and O–H groups in total. The van der Waals surface area contributed by atoms with Crippen molar-refractivity contribution < 1.29 is 13.7 Å². The lowest BCUT2D eigenvalue weighted by molar-refractivity contribution is 0.0991. The molecular weight excluding hydrogens is 400 g/mol. The molecule has 4 rings (SSSR count). The minimum atomic E-state index is -0.949. The second kappa shape index (κ2) is 9.32. The zero-order valence-electron chi connectivity index (χ0n) is 16.8. The smallest absolute Gasteiger partial charge is 0.259 e. The standard InChI is InChI=1S/C22H24N4O3S/c1-16-20(14-24-26(16)21-7-2-3-10-23-21)22(27)25-18-6-4-5-17(13-18)15-30(28)19-8-11-29-12-9-19/h2-7,10,13-14,19H,8-9,11-12,15H2,1H3,(H,25,27). The van der Waals surface area contributed by atoms with Gasteiger partial charge in [0, 0.05) is 46.9 Å². The van der Waals surface area contributed by atoms with E-state index in [4.69, 9.17) is 4.74 Å². The highest BCUT2D eigenvalue weighted by molar-refractivity contribution is 7.84. The quantitative estimate of drug-likeness (QED) is 0.656. The largest absolute Gasteiger partial charge is 0.381 e. The van der Waals surface area contributed by atoms with Crippen LogP contribution < -0.4 is 5.32 Å². The predicted octanol–water partition coefficient (Wildman–Crippen LogP) is 3.26. The van der Waals surface area contributed by atoms with E-state index in [2.05, 4.69) is 15.4 Å². The molecule has 1 aromatic carbocycles. The van der Waals surface area contributed by atoms with Gasteiger partial charge in [0.15, 0.2) is 5.82 Å². The Hall–Kier alpha value is -2.84. The first-order chi connectivity index (χ1) is 14.6. The van der Waals surface area contributed by atoms with E-state index in [0.29, 0.717) is 41.7 Å². The third-order valence-corrected chi connectivity index (χ3v) is 6.99. The van der Waals surface area contributed by atoms with Crippen molar-refractivity contribution in [1.29, 1.82) is 0 Å². The van der Waals surface area contributed by atoms with Crippen LogP contribution >= 0.6 is 0 Å². The molecule has 1 fully saturated rings. The van der Waals surface area contributed by atoms with Crippen LogP contribution in [0.3, 0.4) is 0 Å². The SMILES string of the molecule is Cc1c(C(=O)Nc2cccc(CS(=O)C3CCOCC3)c2)cnn1-c1ccccn1. The number of hydrogen-bond acceptors (Lipinski definition) is 5. The number of ether oxygens (including phenoxy) is 1. The number of carbonyl (C=O) groups is 1. The van der Waals surface area contributed by atoms with Gasteiger partial charge in [0.2, 0.25) is 0 Å². The summed E-state index contributed by atoms with van der Waals surface area (Å²) in [7, 11) is -0.949. The van der Waals surface area contributed by atoms with Gasteiger partial charge in [0.1, 0.15) is 0 Å². The average Bonchev–Trinajstić information content (AvgIpc) is 3.16. The Morgan fingerprint density at radius 3 is 2.83 bits per heavy atom. The highest BCUT2D eigenvalue weighted by Crippen LogP contribution is 2.20. The molecule has 8 heteroatoms. The fourth-order valence-corrected chi connectivity index (χ4v) is 4.96. The monoisotopic (exact) mass is 424 g/mol. The summed E-state index contributed by atoms with van der Waals surface area (Å²) in [5.74, 6) is 0.898. The second-order valence-electron chi connectivity index (χ2n) is 7.23. The van der Waals surface area contributed by atoms with Crippen molar-refractivity contribution in [2.45, 2.75) is 30.8 Å². The van der Waals surface area contributed by atoms with Crippen molar-refractivity contribution in [3.63, 3.8) is 0 Å². The summed E-state index contributed by atoms with van der Waals surface area (Å²) >= 11 is 0. The van der Waals surface area contributed by atoms with Gasteiger partial charge in [0.05, 0.1) is 17.5 Å². The number of pyridine rings is 1. The zero-order valence-corrected chi connectivity index (χ0v) is 17.6. The number of nitrogens with one attached hydrogen (secondary N) is 1. The summed E-state index contributed by atoms with van der Waals surface area (Å²) in [4.78, 5) is 17.1.